The third-order valence-electron chi connectivity index (χ3n) is 4.29. The molecule has 106 valence electrons. The smallest absolute Gasteiger partial charge is 0.320 e. The molecular formula is C16H20N2O2. The lowest BCUT2D eigenvalue weighted by atomic mass is 10.0. The molecule has 2 N–H and O–H groups in total. The van der Waals surface area contributed by atoms with Crippen molar-refractivity contribution in [3.05, 3.63) is 35.5 Å². The zero-order valence-corrected chi connectivity index (χ0v) is 11.7. The maximum Gasteiger partial charge on any atom is 0.320 e. The number of carbonyl (C=O) groups is 1. The summed E-state index contributed by atoms with van der Waals surface area (Å²) in [7, 11) is 0. The highest BCUT2D eigenvalue weighted by atomic mass is 16.4. The summed E-state index contributed by atoms with van der Waals surface area (Å²) in [5.74, 6) is -0.692. The van der Waals surface area contributed by atoms with E-state index in [1.54, 1.807) is 0 Å². The van der Waals surface area contributed by atoms with E-state index in [9.17, 15) is 9.90 Å². The summed E-state index contributed by atoms with van der Waals surface area (Å²) < 4.78 is 0. The van der Waals surface area contributed by atoms with Crippen molar-refractivity contribution in [2.45, 2.75) is 38.8 Å². The molecule has 1 unspecified atom stereocenters. The van der Waals surface area contributed by atoms with Gasteiger partial charge in [-0.25, -0.2) is 0 Å². The molecule has 20 heavy (non-hydrogen) atoms. The number of nitrogens with one attached hydrogen (secondary N) is 1. The highest BCUT2D eigenvalue weighted by Crippen LogP contribution is 2.26. The van der Waals surface area contributed by atoms with Crippen LogP contribution in [0.25, 0.3) is 10.9 Å². The first-order chi connectivity index (χ1) is 9.66. The van der Waals surface area contributed by atoms with Crippen LogP contribution < -0.4 is 0 Å². The number of para-hydroxylation sites is 1. The fraction of sp³-hybridized carbons (Fsp3) is 0.438. The van der Waals surface area contributed by atoms with Crippen LogP contribution in [0.15, 0.2) is 24.3 Å². The number of rotatable bonds is 3. The number of carboxylic acids is 1. The van der Waals surface area contributed by atoms with Crippen LogP contribution in [-0.2, 0) is 11.3 Å². The van der Waals surface area contributed by atoms with Crippen LogP contribution >= 0.6 is 0 Å². The van der Waals surface area contributed by atoms with E-state index >= 15 is 0 Å². The van der Waals surface area contributed by atoms with Crippen molar-refractivity contribution in [1.29, 1.82) is 0 Å². The van der Waals surface area contributed by atoms with Gasteiger partial charge in [0.2, 0.25) is 0 Å². The Morgan fingerprint density at radius 2 is 2.20 bits per heavy atom. The molecule has 1 aromatic carbocycles. The highest BCUT2D eigenvalue weighted by molar-refractivity contribution is 5.84. The molecule has 2 heterocycles. The number of hydrogen-bond acceptors (Lipinski definition) is 2. The van der Waals surface area contributed by atoms with Crippen molar-refractivity contribution in [1.82, 2.24) is 9.88 Å². The topological polar surface area (TPSA) is 56.3 Å². The van der Waals surface area contributed by atoms with Gasteiger partial charge in [-0.3, -0.25) is 9.69 Å². The van der Waals surface area contributed by atoms with Crippen LogP contribution in [0.1, 0.15) is 30.5 Å². The van der Waals surface area contributed by atoms with Gasteiger partial charge in [-0.15, -0.1) is 0 Å². The molecule has 4 nitrogen and oxygen atoms in total. The summed E-state index contributed by atoms with van der Waals surface area (Å²) in [4.78, 5) is 16.9. The molecule has 2 aromatic rings. The maximum absolute atomic E-state index is 11.4. The summed E-state index contributed by atoms with van der Waals surface area (Å²) in [6, 6.07) is 7.88. The summed E-state index contributed by atoms with van der Waals surface area (Å²) >= 11 is 0. The lowest BCUT2D eigenvalue weighted by Gasteiger charge is -2.32. The Hall–Kier alpha value is -1.81. The number of carboxylic acid groups (broad SMARTS) is 1. The normalized spacial score (nSPS) is 20.4. The summed E-state index contributed by atoms with van der Waals surface area (Å²) in [6.07, 6.45) is 2.86. The van der Waals surface area contributed by atoms with Crippen molar-refractivity contribution < 1.29 is 9.90 Å². The zero-order chi connectivity index (χ0) is 14.1. The fourth-order valence-corrected chi connectivity index (χ4v) is 3.20. The predicted molar refractivity (Wildman–Crippen MR) is 78.7 cm³/mol. The number of H-pyrrole nitrogens is 1. The Morgan fingerprint density at radius 3 is 3.00 bits per heavy atom. The van der Waals surface area contributed by atoms with Gasteiger partial charge in [0.05, 0.1) is 0 Å². The third kappa shape index (κ3) is 2.31. The molecule has 0 aliphatic carbocycles. The highest BCUT2D eigenvalue weighted by Gasteiger charge is 2.29. The second-order valence-electron chi connectivity index (χ2n) is 5.59. The van der Waals surface area contributed by atoms with Crippen LogP contribution in [-0.4, -0.2) is 33.5 Å². The average molecular weight is 272 g/mol. The third-order valence-corrected chi connectivity index (χ3v) is 4.29. The monoisotopic (exact) mass is 272 g/mol. The molecule has 0 radical (unpaired) electrons. The number of aromatic nitrogens is 1. The largest absolute Gasteiger partial charge is 0.480 e. The lowest BCUT2D eigenvalue weighted by molar-refractivity contribution is -0.144. The van der Waals surface area contributed by atoms with Crippen molar-refractivity contribution >= 4 is 16.9 Å². The van der Waals surface area contributed by atoms with Crippen LogP contribution in [0.2, 0.25) is 0 Å². The standard InChI is InChI=1S/C16H20N2O2/c1-11-13(12-6-2-3-7-14(12)17-11)10-18-9-5-4-8-15(18)16(19)20/h2-3,6-7,15,17H,4-5,8-10H2,1H3,(H,19,20). The van der Waals surface area contributed by atoms with Gasteiger partial charge >= 0.3 is 5.97 Å². The van der Waals surface area contributed by atoms with E-state index in [2.05, 4.69) is 28.9 Å². The Balaban J connectivity index is 1.92. The summed E-state index contributed by atoms with van der Waals surface area (Å²) in [5, 5.41) is 10.6. The molecule has 1 aliphatic rings. The van der Waals surface area contributed by atoms with Crippen molar-refractivity contribution in [2.24, 2.45) is 0 Å². The summed E-state index contributed by atoms with van der Waals surface area (Å²) in [5.41, 5.74) is 3.50. The van der Waals surface area contributed by atoms with E-state index in [4.69, 9.17) is 0 Å². The van der Waals surface area contributed by atoms with Gasteiger partial charge in [-0.1, -0.05) is 24.6 Å². The molecule has 3 rings (SSSR count). The Labute approximate surface area is 118 Å². The number of benzene rings is 1. The van der Waals surface area contributed by atoms with Gasteiger partial charge in [-0.05, 0) is 37.9 Å². The number of aryl methyl sites for hydroxylation is 1. The van der Waals surface area contributed by atoms with Gasteiger partial charge in [0.15, 0.2) is 0 Å². The number of aromatic amines is 1. The predicted octanol–water partition coefficient (Wildman–Crippen LogP) is 2.92. The second kappa shape index (κ2) is 5.29. The molecule has 1 atom stereocenters. The van der Waals surface area contributed by atoms with Gasteiger partial charge < -0.3 is 10.1 Å². The lowest BCUT2D eigenvalue weighted by Crippen LogP contribution is -2.44. The molecule has 0 amide bonds. The number of hydrogen-bond donors (Lipinski definition) is 2. The molecule has 0 spiro atoms. The second-order valence-corrected chi connectivity index (χ2v) is 5.59. The number of nitrogens with zero attached hydrogens (tertiary/aromatic N) is 1. The molecule has 4 heteroatoms. The number of aliphatic carboxylic acids is 1. The SMILES string of the molecule is Cc1[nH]c2ccccc2c1CN1CCCCC1C(=O)O. The maximum atomic E-state index is 11.4. The molecule has 1 aliphatic heterocycles. The molecule has 1 saturated heterocycles. The minimum absolute atomic E-state index is 0.336. The first kappa shape index (κ1) is 13.2. The van der Waals surface area contributed by atoms with E-state index in [1.165, 1.54) is 10.9 Å². The van der Waals surface area contributed by atoms with E-state index in [1.807, 2.05) is 12.1 Å². The van der Waals surface area contributed by atoms with E-state index in [0.29, 0.717) is 6.54 Å². The first-order valence-corrected chi connectivity index (χ1v) is 7.20. The first-order valence-electron chi connectivity index (χ1n) is 7.20. The minimum atomic E-state index is -0.692. The summed E-state index contributed by atoms with van der Waals surface area (Å²) in [6.45, 7) is 3.65. The average Bonchev–Trinajstić information content (AvgIpc) is 2.76. The molecular weight excluding hydrogens is 252 g/mol. The minimum Gasteiger partial charge on any atom is -0.480 e. The van der Waals surface area contributed by atoms with Gasteiger partial charge in [0.25, 0.3) is 0 Å². The van der Waals surface area contributed by atoms with Gasteiger partial charge in [0.1, 0.15) is 6.04 Å². The zero-order valence-electron chi connectivity index (χ0n) is 11.7. The van der Waals surface area contributed by atoms with E-state index < -0.39 is 5.97 Å². The fourth-order valence-electron chi connectivity index (χ4n) is 3.20. The molecule has 1 aromatic heterocycles. The quantitative estimate of drug-likeness (QED) is 0.903. The van der Waals surface area contributed by atoms with Crippen LogP contribution in [0.3, 0.4) is 0 Å². The van der Waals surface area contributed by atoms with Crippen LogP contribution in [0.4, 0.5) is 0 Å². The van der Waals surface area contributed by atoms with Crippen molar-refractivity contribution in [3.8, 4) is 0 Å². The van der Waals surface area contributed by atoms with Gasteiger partial charge in [0, 0.05) is 23.1 Å². The number of piperidine rings is 1. The van der Waals surface area contributed by atoms with Gasteiger partial charge in [-0.2, -0.15) is 0 Å². The number of likely N-dealkylation sites (tertiary alicyclic amines) is 1. The molecule has 0 saturated carbocycles. The van der Waals surface area contributed by atoms with E-state index in [0.717, 1.165) is 37.0 Å². The van der Waals surface area contributed by atoms with Crippen molar-refractivity contribution in [2.75, 3.05) is 6.54 Å². The van der Waals surface area contributed by atoms with Crippen LogP contribution in [0.5, 0.6) is 0 Å². The van der Waals surface area contributed by atoms with Crippen molar-refractivity contribution in [3.63, 3.8) is 0 Å². The molecule has 0 bridgehead atoms. The van der Waals surface area contributed by atoms with Crippen LogP contribution in [0, 0.1) is 6.92 Å². The number of fused-ring (bicyclic) bond motifs is 1. The van der Waals surface area contributed by atoms with E-state index in [-0.39, 0.29) is 6.04 Å². The Bertz CT molecular complexity index is 632. The Kier molecular flexibility index (Phi) is 3.49. The molecule has 1 fully saturated rings. The Morgan fingerprint density at radius 1 is 1.40 bits per heavy atom.